The van der Waals surface area contributed by atoms with E-state index < -0.39 is 0 Å². The molecule has 0 amide bonds. The van der Waals surface area contributed by atoms with Crippen molar-refractivity contribution in [2.75, 3.05) is 20.2 Å². The van der Waals surface area contributed by atoms with Crippen LogP contribution in [0.3, 0.4) is 0 Å². The van der Waals surface area contributed by atoms with Gasteiger partial charge in [0.05, 0.1) is 13.2 Å². The number of aliphatic hydroxyl groups is 1. The standard InChI is InChI=1S/C15H23NO2/c1-11-6-7-13(12(2)8-11)14(18)9-16(5)15(3,4)10-17/h6-8,17H,9-10H2,1-5H3. The van der Waals surface area contributed by atoms with Crippen molar-refractivity contribution in [1.29, 1.82) is 0 Å². The van der Waals surface area contributed by atoms with Crippen LogP contribution in [-0.2, 0) is 0 Å². The maximum atomic E-state index is 12.2. The Labute approximate surface area is 109 Å². The third-order valence-electron chi connectivity index (χ3n) is 3.48. The predicted octanol–water partition coefficient (Wildman–Crippen LogP) is 2.19. The van der Waals surface area contributed by atoms with Crippen molar-refractivity contribution in [2.24, 2.45) is 0 Å². The Balaban J connectivity index is 2.83. The molecule has 18 heavy (non-hydrogen) atoms. The Morgan fingerprint density at radius 1 is 1.33 bits per heavy atom. The van der Waals surface area contributed by atoms with Gasteiger partial charge in [0.15, 0.2) is 5.78 Å². The Morgan fingerprint density at radius 3 is 2.44 bits per heavy atom. The molecule has 0 spiro atoms. The molecule has 3 heteroatoms. The fourth-order valence-corrected chi connectivity index (χ4v) is 1.76. The lowest BCUT2D eigenvalue weighted by Crippen LogP contribution is -2.46. The molecule has 0 aliphatic rings. The average Bonchev–Trinajstić information content (AvgIpc) is 2.28. The maximum absolute atomic E-state index is 12.2. The first-order valence-corrected chi connectivity index (χ1v) is 6.20. The molecule has 0 radical (unpaired) electrons. The van der Waals surface area contributed by atoms with Crippen LogP contribution in [-0.4, -0.2) is 41.5 Å². The highest BCUT2D eigenvalue weighted by atomic mass is 16.3. The van der Waals surface area contributed by atoms with Gasteiger partial charge in [-0.25, -0.2) is 0 Å². The molecule has 1 rings (SSSR count). The molecule has 0 aliphatic carbocycles. The Hall–Kier alpha value is -1.19. The number of ketones is 1. The van der Waals surface area contributed by atoms with Gasteiger partial charge in [-0.15, -0.1) is 0 Å². The third-order valence-corrected chi connectivity index (χ3v) is 3.48. The summed E-state index contributed by atoms with van der Waals surface area (Å²) in [6.07, 6.45) is 0. The van der Waals surface area contributed by atoms with E-state index in [4.69, 9.17) is 0 Å². The van der Waals surface area contributed by atoms with Crippen LogP contribution in [0.15, 0.2) is 18.2 Å². The number of benzene rings is 1. The van der Waals surface area contributed by atoms with E-state index in [0.29, 0.717) is 6.54 Å². The number of carbonyl (C=O) groups excluding carboxylic acids is 1. The van der Waals surface area contributed by atoms with E-state index in [2.05, 4.69) is 0 Å². The van der Waals surface area contributed by atoms with Crippen LogP contribution in [0.2, 0.25) is 0 Å². The molecule has 1 aromatic rings. The van der Waals surface area contributed by atoms with E-state index >= 15 is 0 Å². The van der Waals surface area contributed by atoms with Crippen molar-refractivity contribution in [3.8, 4) is 0 Å². The van der Waals surface area contributed by atoms with Crippen LogP contribution < -0.4 is 0 Å². The molecule has 0 fully saturated rings. The van der Waals surface area contributed by atoms with Crippen molar-refractivity contribution in [1.82, 2.24) is 4.90 Å². The molecule has 0 aliphatic heterocycles. The number of aryl methyl sites for hydroxylation is 2. The van der Waals surface area contributed by atoms with Crippen LogP contribution in [0.25, 0.3) is 0 Å². The minimum absolute atomic E-state index is 0.0314. The number of hydrogen-bond donors (Lipinski definition) is 1. The van der Waals surface area contributed by atoms with E-state index in [1.807, 2.05) is 57.8 Å². The average molecular weight is 249 g/mol. The van der Waals surface area contributed by atoms with E-state index in [1.54, 1.807) is 0 Å². The monoisotopic (exact) mass is 249 g/mol. The maximum Gasteiger partial charge on any atom is 0.177 e. The topological polar surface area (TPSA) is 40.5 Å². The largest absolute Gasteiger partial charge is 0.394 e. The second-order valence-corrected chi connectivity index (χ2v) is 5.57. The number of hydrogen-bond acceptors (Lipinski definition) is 3. The minimum atomic E-state index is -0.381. The smallest absolute Gasteiger partial charge is 0.177 e. The van der Waals surface area contributed by atoms with Gasteiger partial charge in [-0.3, -0.25) is 9.69 Å². The molecule has 0 bridgehead atoms. The minimum Gasteiger partial charge on any atom is -0.394 e. The van der Waals surface area contributed by atoms with Gasteiger partial charge in [0.2, 0.25) is 0 Å². The first-order chi connectivity index (χ1) is 8.27. The van der Waals surface area contributed by atoms with E-state index in [-0.39, 0.29) is 17.9 Å². The molecule has 3 nitrogen and oxygen atoms in total. The number of likely N-dealkylation sites (N-methyl/N-ethyl adjacent to an activating group) is 1. The lowest BCUT2D eigenvalue weighted by atomic mass is 10.00. The van der Waals surface area contributed by atoms with Crippen molar-refractivity contribution in [2.45, 2.75) is 33.2 Å². The molecule has 0 saturated carbocycles. The second kappa shape index (κ2) is 5.63. The van der Waals surface area contributed by atoms with Crippen LogP contribution in [0.5, 0.6) is 0 Å². The third kappa shape index (κ3) is 3.40. The Morgan fingerprint density at radius 2 is 1.94 bits per heavy atom. The summed E-state index contributed by atoms with van der Waals surface area (Å²) in [5.74, 6) is 0.0940. The summed E-state index contributed by atoms with van der Waals surface area (Å²) < 4.78 is 0. The summed E-state index contributed by atoms with van der Waals surface area (Å²) in [6, 6.07) is 5.86. The van der Waals surface area contributed by atoms with Gasteiger partial charge in [0.25, 0.3) is 0 Å². The first kappa shape index (κ1) is 14.9. The van der Waals surface area contributed by atoms with Gasteiger partial charge in [-0.2, -0.15) is 0 Å². The Kier molecular flexibility index (Phi) is 4.65. The molecule has 0 saturated heterocycles. The zero-order valence-electron chi connectivity index (χ0n) is 11.9. The number of carbonyl (C=O) groups is 1. The lowest BCUT2D eigenvalue weighted by molar-refractivity contribution is 0.0659. The van der Waals surface area contributed by atoms with Crippen molar-refractivity contribution in [3.63, 3.8) is 0 Å². The molecule has 0 aromatic heterocycles. The number of nitrogens with zero attached hydrogens (tertiary/aromatic N) is 1. The highest BCUT2D eigenvalue weighted by Gasteiger charge is 2.24. The molecule has 0 unspecified atom stereocenters. The quantitative estimate of drug-likeness (QED) is 0.813. The van der Waals surface area contributed by atoms with Gasteiger partial charge in [-0.05, 0) is 40.3 Å². The van der Waals surface area contributed by atoms with Gasteiger partial charge in [0.1, 0.15) is 0 Å². The molecule has 1 aromatic carbocycles. The summed E-state index contributed by atoms with van der Waals surface area (Å²) in [5.41, 5.74) is 2.55. The lowest BCUT2D eigenvalue weighted by Gasteiger charge is -2.33. The summed E-state index contributed by atoms with van der Waals surface area (Å²) in [7, 11) is 1.86. The van der Waals surface area contributed by atoms with Crippen molar-refractivity contribution >= 4 is 5.78 Å². The van der Waals surface area contributed by atoms with Crippen LogP contribution >= 0.6 is 0 Å². The van der Waals surface area contributed by atoms with Gasteiger partial charge in [-0.1, -0.05) is 23.8 Å². The highest BCUT2D eigenvalue weighted by molar-refractivity contribution is 5.99. The predicted molar refractivity (Wildman–Crippen MR) is 74.0 cm³/mol. The van der Waals surface area contributed by atoms with E-state index in [1.165, 1.54) is 0 Å². The van der Waals surface area contributed by atoms with Crippen molar-refractivity contribution in [3.05, 3.63) is 34.9 Å². The van der Waals surface area contributed by atoms with Crippen LogP contribution in [0.4, 0.5) is 0 Å². The van der Waals surface area contributed by atoms with Gasteiger partial charge >= 0.3 is 0 Å². The normalized spacial score (nSPS) is 11.9. The first-order valence-electron chi connectivity index (χ1n) is 6.20. The summed E-state index contributed by atoms with van der Waals surface area (Å²) in [5, 5.41) is 9.29. The molecule has 1 N–H and O–H groups in total. The fraction of sp³-hybridized carbons (Fsp3) is 0.533. The summed E-state index contributed by atoms with van der Waals surface area (Å²) in [6.45, 7) is 8.16. The molecular weight excluding hydrogens is 226 g/mol. The highest BCUT2D eigenvalue weighted by Crippen LogP contribution is 2.15. The van der Waals surface area contributed by atoms with E-state index in [9.17, 15) is 9.90 Å². The van der Waals surface area contributed by atoms with Gasteiger partial charge < -0.3 is 5.11 Å². The summed E-state index contributed by atoms with van der Waals surface area (Å²) >= 11 is 0. The van der Waals surface area contributed by atoms with E-state index in [0.717, 1.165) is 16.7 Å². The zero-order chi connectivity index (χ0) is 13.9. The number of rotatable bonds is 5. The van der Waals surface area contributed by atoms with Crippen molar-refractivity contribution < 1.29 is 9.90 Å². The summed E-state index contributed by atoms with van der Waals surface area (Å²) in [4.78, 5) is 14.1. The molecule has 0 atom stereocenters. The SMILES string of the molecule is Cc1ccc(C(=O)CN(C)C(C)(C)CO)c(C)c1. The number of Topliss-reactive ketones (excluding diaryl/α,β-unsaturated/α-hetero) is 1. The Bertz CT molecular complexity index is 438. The van der Waals surface area contributed by atoms with Crippen LogP contribution in [0.1, 0.15) is 35.3 Å². The number of aliphatic hydroxyl groups excluding tert-OH is 1. The zero-order valence-corrected chi connectivity index (χ0v) is 11.9. The fourth-order valence-electron chi connectivity index (χ4n) is 1.76. The molecular formula is C15H23NO2. The van der Waals surface area contributed by atoms with Gasteiger partial charge in [0, 0.05) is 11.1 Å². The second-order valence-electron chi connectivity index (χ2n) is 5.57. The molecule has 0 heterocycles. The van der Waals surface area contributed by atoms with Crippen LogP contribution in [0, 0.1) is 13.8 Å². The molecule has 100 valence electrons.